The third-order valence-electron chi connectivity index (χ3n) is 5.87. The number of anilines is 1. The number of thiophene rings is 1. The number of amides is 1. The van der Waals surface area contributed by atoms with Crippen molar-refractivity contribution in [1.29, 1.82) is 0 Å². The maximum absolute atomic E-state index is 13.4. The normalized spacial score (nSPS) is 17.2. The van der Waals surface area contributed by atoms with Gasteiger partial charge in [0.2, 0.25) is 27.6 Å². The fourth-order valence-electron chi connectivity index (χ4n) is 3.91. The van der Waals surface area contributed by atoms with Gasteiger partial charge in [0.15, 0.2) is 0 Å². The molecule has 3 heterocycles. The van der Waals surface area contributed by atoms with Crippen molar-refractivity contribution in [1.82, 2.24) is 14.4 Å². The van der Waals surface area contributed by atoms with Crippen molar-refractivity contribution in [2.45, 2.75) is 51.3 Å². The van der Waals surface area contributed by atoms with Crippen LogP contribution in [0.15, 0.2) is 39.8 Å². The predicted octanol–water partition coefficient (Wildman–Crippen LogP) is 4.27. The molecular weight excluding hydrogens is 460 g/mol. The molecule has 0 radical (unpaired) electrons. The molecule has 33 heavy (non-hydrogen) atoms. The molecule has 1 saturated heterocycles. The summed E-state index contributed by atoms with van der Waals surface area (Å²) in [4.78, 5) is 18.7. The monoisotopic (exact) mass is 488 g/mol. The fourth-order valence-corrected chi connectivity index (χ4v) is 6.92. The van der Waals surface area contributed by atoms with Gasteiger partial charge in [0.25, 0.3) is 0 Å². The van der Waals surface area contributed by atoms with Gasteiger partial charge in [-0.25, -0.2) is 8.42 Å². The largest absolute Gasteiger partial charge is 0.339 e. The summed E-state index contributed by atoms with van der Waals surface area (Å²) < 4.78 is 33.5. The number of piperidine rings is 1. The quantitative estimate of drug-likeness (QED) is 0.532. The highest BCUT2D eigenvalue weighted by molar-refractivity contribution is 7.89. The molecule has 176 valence electrons. The number of hydrogen-bond acceptors (Lipinski definition) is 7. The van der Waals surface area contributed by atoms with Crippen molar-refractivity contribution in [2.24, 2.45) is 5.92 Å². The molecule has 1 amide bonds. The molecule has 3 aromatic rings. The Morgan fingerprint density at radius 3 is 2.67 bits per heavy atom. The molecular formula is C23H28N4O4S2. The number of benzene rings is 1. The average Bonchev–Trinajstić information content (AvgIpc) is 3.46. The van der Waals surface area contributed by atoms with Crippen molar-refractivity contribution < 1.29 is 17.7 Å². The second kappa shape index (κ2) is 9.74. The summed E-state index contributed by atoms with van der Waals surface area (Å²) in [6.07, 6.45) is 2.83. The second-order valence-corrected chi connectivity index (χ2v) is 11.3. The Hall–Kier alpha value is -2.56. The number of carbonyl (C=O) groups is 1. The highest BCUT2D eigenvalue weighted by Gasteiger charge is 2.35. The Morgan fingerprint density at radius 1 is 1.24 bits per heavy atom. The van der Waals surface area contributed by atoms with Crippen LogP contribution in [-0.2, 0) is 27.7 Å². The van der Waals surface area contributed by atoms with Crippen molar-refractivity contribution in [3.05, 3.63) is 46.7 Å². The summed E-state index contributed by atoms with van der Waals surface area (Å²) in [6.45, 7) is 6.32. The number of sulfonamides is 1. The van der Waals surface area contributed by atoms with Crippen LogP contribution in [0.4, 0.5) is 5.69 Å². The van der Waals surface area contributed by atoms with Crippen molar-refractivity contribution in [3.8, 4) is 10.7 Å². The van der Waals surface area contributed by atoms with E-state index in [1.165, 1.54) is 21.2 Å². The molecule has 1 aliphatic rings. The molecule has 0 bridgehead atoms. The molecule has 10 heteroatoms. The number of aryl methyl sites for hydroxylation is 3. The molecule has 0 spiro atoms. The van der Waals surface area contributed by atoms with Gasteiger partial charge in [-0.1, -0.05) is 31.1 Å². The van der Waals surface area contributed by atoms with E-state index in [1.807, 2.05) is 31.2 Å². The summed E-state index contributed by atoms with van der Waals surface area (Å²) in [5.41, 5.74) is 1.92. The number of hydrogen-bond donors (Lipinski definition) is 1. The number of nitrogens with one attached hydrogen (secondary N) is 1. The smallest absolute Gasteiger partial charge is 0.244 e. The molecule has 4 rings (SSSR count). The Balaban J connectivity index is 1.49. The number of rotatable bonds is 7. The first-order valence-corrected chi connectivity index (χ1v) is 13.4. The average molecular weight is 489 g/mol. The zero-order valence-electron chi connectivity index (χ0n) is 19.0. The van der Waals surface area contributed by atoms with Crippen LogP contribution in [0, 0.1) is 12.8 Å². The standard InChI is InChI=1S/C23H28N4O4S2/c1-4-16-8-10-18(11-9-16)24-23(28)17-7-6-12-27(14-17)33(29,30)20-13-19(32-15(20)3)22-25-21(5-2)31-26-22/h8-11,13,17H,4-7,12,14H2,1-3H3,(H,24,28)/t17-/m0/s1. The van der Waals surface area contributed by atoms with Crippen LogP contribution in [0.3, 0.4) is 0 Å². The van der Waals surface area contributed by atoms with Gasteiger partial charge >= 0.3 is 0 Å². The molecule has 0 aliphatic carbocycles. The lowest BCUT2D eigenvalue weighted by Gasteiger charge is -2.31. The van der Waals surface area contributed by atoms with Gasteiger partial charge in [-0.05, 0) is 49.9 Å². The van der Waals surface area contributed by atoms with Crippen molar-refractivity contribution in [3.63, 3.8) is 0 Å². The van der Waals surface area contributed by atoms with E-state index in [0.717, 1.165) is 12.1 Å². The molecule has 8 nitrogen and oxygen atoms in total. The summed E-state index contributed by atoms with van der Waals surface area (Å²) >= 11 is 1.32. The first-order valence-electron chi connectivity index (χ1n) is 11.1. The van der Waals surface area contributed by atoms with Gasteiger partial charge in [0, 0.05) is 30.1 Å². The summed E-state index contributed by atoms with van der Waals surface area (Å²) in [6, 6.07) is 9.34. The third-order valence-corrected chi connectivity index (χ3v) is 9.03. The molecule has 1 aliphatic heterocycles. The minimum absolute atomic E-state index is 0.152. The van der Waals surface area contributed by atoms with Crippen LogP contribution in [0.1, 0.15) is 43.0 Å². The van der Waals surface area contributed by atoms with E-state index in [2.05, 4.69) is 22.4 Å². The molecule has 1 aromatic carbocycles. The first-order chi connectivity index (χ1) is 15.8. The maximum atomic E-state index is 13.4. The number of aromatic nitrogens is 2. The predicted molar refractivity (Wildman–Crippen MR) is 128 cm³/mol. The Morgan fingerprint density at radius 2 is 2.00 bits per heavy atom. The van der Waals surface area contributed by atoms with E-state index < -0.39 is 15.9 Å². The second-order valence-electron chi connectivity index (χ2n) is 8.14. The van der Waals surface area contributed by atoms with Gasteiger partial charge in [-0.3, -0.25) is 4.79 Å². The Bertz CT molecular complexity index is 1230. The zero-order chi connectivity index (χ0) is 23.6. The summed E-state index contributed by atoms with van der Waals surface area (Å²) in [5, 5.41) is 6.89. The lowest BCUT2D eigenvalue weighted by molar-refractivity contribution is -0.120. The van der Waals surface area contributed by atoms with E-state index in [1.54, 1.807) is 13.0 Å². The molecule has 1 atom stereocenters. The highest BCUT2D eigenvalue weighted by Crippen LogP contribution is 2.35. The number of carbonyl (C=O) groups excluding carboxylic acids is 1. The third kappa shape index (κ3) is 5.02. The summed E-state index contributed by atoms with van der Waals surface area (Å²) in [5.74, 6) is 0.351. The van der Waals surface area contributed by atoms with E-state index in [4.69, 9.17) is 4.52 Å². The van der Waals surface area contributed by atoms with Gasteiger partial charge < -0.3 is 9.84 Å². The molecule has 0 unspecified atom stereocenters. The van der Waals surface area contributed by atoms with Crippen LogP contribution >= 0.6 is 11.3 Å². The molecule has 1 N–H and O–H groups in total. The lowest BCUT2D eigenvalue weighted by Crippen LogP contribution is -2.43. The topological polar surface area (TPSA) is 105 Å². The lowest BCUT2D eigenvalue weighted by atomic mass is 9.98. The van der Waals surface area contributed by atoms with Crippen molar-refractivity contribution in [2.75, 3.05) is 18.4 Å². The summed E-state index contributed by atoms with van der Waals surface area (Å²) in [7, 11) is -3.75. The van der Waals surface area contributed by atoms with Crippen LogP contribution in [0.2, 0.25) is 0 Å². The van der Waals surface area contributed by atoms with Crippen LogP contribution < -0.4 is 5.32 Å². The van der Waals surface area contributed by atoms with E-state index >= 15 is 0 Å². The molecule has 2 aromatic heterocycles. The molecule has 0 saturated carbocycles. The first kappa shape index (κ1) is 23.6. The Labute approximate surface area is 198 Å². The van der Waals surface area contributed by atoms with Gasteiger partial charge in [0.1, 0.15) is 0 Å². The van der Waals surface area contributed by atoms with Crippen LogP contribution in [-0.4, -0.2) is 41.9 Å². The molecule has 1 fully saturated rings. The zero-order valence-corrected chi connectivity index (χ0v) is 20.6. The van der Waals surface area contributed by atoms with Crippen molar-refractivity contribution >= 4 is 33.0 Å². The van der Waals surface area contributed by atoms with Gasteiger partial charge in [-0.2, -0.15) is 9.29 Å². The Kier molecular flexibility index (Phi) is 6.96. The van der Waals surface area contributed by atoms with Gasteiger partial charge in [-0.15, -0.1) is 11.3 Å². The van der Waals surface area contributed by atoms with E-state index in [9.17, 15) is 13.2 Å². The SMILES string of the molecule is CCc1ccc(NC(=O)[C@H]2CCCN(S(=O)(=O)c3cc(-c4noc(CC)n4)sc3C)C2)cc1. The fraction of sp³-hybridized carbons (Fsp3) is 0.435. The number of nitrogens with zero attached hydrogens (tertiary/aromatic N) is 3. The maximum Gasteiger partial charge on any atom is 0.244 e. The minimum Gasteiger partial charge on any atom is -0.339 e. The van der Waals surface area contributed by atoms with Crippen LogP contribution in [0.5, 0.6) is 0 Å². The van der Waals surface area contributed by atoms with E-state index in [-0.39, 0.29) is 17.3 Å². The van der Waals surface area contributed by atoms with E-state index in [0.29, 0.717) is 47.3 Å². The van der Waals surface area contributed by atoms with Crippen LogP contribution in [0.25, 0.3) is 10.7 Å². The van der Waals surface area contributed by atoms with Gasteiger partial charge in [0.05, 0.1) is 15.7 Å². The minimum atomic E-state index is -3.75. The highest BCUT2D eigenvalue weighted by atomic mass is 32.2.